The van der Waals surface area contributed by atoms with Crippen LogP contribution in [0, 0.1) is 5.92 Å². The lowest BCUT2D eigenvalue weighted by Gasteiger charge is -2.21. The van der Waals surface area contributed by atoms with Gasteiger partial charge in [-0.25, -0.2) is 0 Å². The van der Waals surface area contributed by atoms with Gasteiger partial charge in [0.25, 0.3) is 0 Å². The van der Waals surface area contributed by atoms with Crippen molar-refractivity contribution in [1.29, 1.82) is 0 Å². The molecule has 7 nitrogen and oxygen atoms in total. The Balaban J connectivity index is 1.58. The van der Waals surface area contributed by atoms with Crippen molar-refractivity contribution in [3.8, 4) is 0 Å². The third-order valence-corrected chi connectivity index (χ3v) is 4.52. The number of furan rings is 1. The molecule has 2 aromatic rings. The molecule has 1 saturated heterocycles. The first-order chi connectivity index (χ1) is 12.4. The highest BCUT2D eigenvalue weighted by molar-refractivity contribution is 5.92. The minimum Gasteiger partial charge on any atom is -0.467 e. The summed E-state index contributed by atoms with van der Waals surface area (Å²) in [5.41, 5.74) is 6.54. The summed E-state index contributed by atoms with van der Waals surface area (Å²) < 4.78 is 5.27. The second-order valence-corrected chi connectivity index (χ2v) is 6.51. The standard InChI is InChI=1S/C19H21N3O4/c1-21(10-13-4-6-14(7-5-13)18(20)24)19(25)15-9-17(23)22(11-15)12-16-3-2-8-26-16/h2-8,15H,9-12H2,1H3,(H2,20,24)/t15-/m1/s1. The minimum absolute atomic E-state index is 0.0426. The number of likely N-dealkylation sites (tertiary alicyclic amines) is 1. The van der Waals surface area contributed by atoms with Crippen molar-refractivity contribution in [2.24, 2.45) is 11.7 Å². The van der Waals surface area contributed by atoms with Crippen molar-refractivity contribution < 1.29 is 18.8 Å². The third-order valence-electron chi connectivity index (χ3n) is 4.52. The first-order valence-corrected chi connectivity index (χ1v) is 8.38. The Kier molecular flexibility index (Phi) is 5.06. The van der Waals surface area contributed by atoms with Crippen LogP contribution < -0.4 is 5.73 Å². The molecule has 1 atom stereocenters. The maximum absolute atomic E-state index is 12.7. The number of hydrogen-bond donors (Lipinski definition) is 1. The van der Waals surface area contributed by atoms with Gasteiger partial charge in [-0.05, 0) is 29.8 Å². The van der Waals surface area contributed by atoms with Crippen LogP contribution in [0.15, 0.2) is 47.1 Å². The Hall–Kier alpha value is -3.09. The summed E-state index contributed by atoms with van der Waals surface area (Å²) in [4.78, 5) is 39.2. The molecule has 1 aliphatic heterocycles. The number of carbonyl (C=O) groups is 3. The second-order valence-electron chi connectivity index (χ2n) is 6.51. The molecule has 3 rings (SSSR count). The molecule has 3 amide bonds. The summed E-state index contributed by atoms with van der Waals surface area (Å²) in [6.45, 7) is 1.18. The molecule has 0 unspecified atom stereocenters. The minimum atomic E-state index is -0.484. The first-order valence-electron chi connectivity index (χ1n) is 8.38. The largest absolute Gasteiger partial charge is 0.467 e. The van der Waals surface area contributed by atoms with Crippen molar-refractivity contribution >= 4 is 17.7 Å². The van der Waals surface area contributed by atoms with Crippen LogP contribution in [0.2, 0.25) is 0 Å². The van der Waals surface area contributed by atoms with E-state index in [1.54, 1.807) is 53.4 Å². The average Bonchev–Trinajstić information content (AvgIpc) is 3.25. The van der Waals surface area contributed by atoms with E-state index in [4.69, 9.17) is 10.2 Å². The van der Waals surface area contributed by atoms with Crippen LogP contribution in [0.1, 0.15) is 28.1 Å². The summed E-state index contributed by atoms with van der Waals surface area (Å²) in [5, 5.41) is 0. The van der Waals surface area contributed by atoms with Gasteiger partial charge in [0.1, 0.15) is 5.76 Å². The molecule has 26 heavy (non-hydrogen) atoms. The highest BCUT2D eigenvalue weighted by Crippen LogP contribution is 2.22. The molecule has 0 bridgehead atoms. The molecule has 0 radical (unpaired) electrons. The van der Waals surface area contributed by atoms with Gasteiger partial charge < -0.3 is 20.0 Å². The number of rotatable bonds is 6. The van der Waals surface area contributed by atoms with Gasteiger partial charge in [-0.2, -0.15) is 0 Å². The van der Waals surface area contributed by atoms with E-state index in [-0.39, 0.29) is 24.2 Å². The summed E-state index contributed by atoms with van der Waals surface area (Å²) in [7, 11) is 1.71. The summed E-state index contributed by atoms with van der Waals surface area (Å²) in [5.74, 6) is -0.248. The summed E-state index contributed by atoms with van der Waals surface area (Å²) in [6, 6.07) is 10.4. The van der Waals surface area contributed by atoms with E-state index in [9.17, 15) is 14.4 Å². The molecule has 2 heterocycles. The Labute approximate surface area is 151 Å². The molecule has 7 heteroatoms. The third kappa shape index (κ3) is 3.93. The Morgan fingerprint density at radius 3 is 2.62 bits per heavy atom. The number of benzene rings is 1. The van der Waals surface area contributed by atoms with Gasteiger partial charge in [0.2, 0.25) is 17.7 Å². The topological polar surface area (TPSA) is 96.8 Å². The number of carbonyl (C=O) groups excluding carboxylic acids is 3. The van der Waals surface area contributed by atoms with Crippen molar-refractivity contribution in [1.82, 2.24) is 9.80 Å². The normalized spacial score (nSPS) is 16.7. The quantitative estimate of drug-likeness (QED) is 0.847. The molecule has 1 aliphatic rings. The first kappa shape index (κ1) is 17.7. The van der Waals surface area contributed by atoms with Crippen molar-refractivity contribution in [2.75, 3.05) is 13.6 Å². The van der Waals surface area contributed by atoms with Gasteiger partial charge in [-0.3, -0.25) is 14.4 Å². The van der Waals surface area contributed by atoms with Crippen LogP contribution in [0.4, 0.5) is 0 Å². The Morgan fingerprint density at radius 2 is 2.00 bits per heavy atom. The monoisotopic (exact) mass is 355 g/mol. The zero-order valence-corrected chi connectivity index (χ0v) is 14.6. The molecule has 0 saturated carbocycles. The van der Waals surface area contributed by atoms with Crippen LogP contribution in [-0.2, 0) is 22.7 Å². The molecule has 136 valence electrons. The predicted molar refractivity (Wildman–Crippen MR) is 93.7 cm³/mol. The van der Waals surface area contributed by atoms with Crippen LogP contribution >= 0.6 is 0 Å². The zero-order valence-electron chi connectivity index (χ0n) is 14.6. The summed E-state index contributed by atoms with van der Waals surface area (Å²) in [6.07, 6.45) is 1.78. The SMILES string of the molecule is CN(Cc1ccc(C(N)=O)cc1)C(=O)[C@@H]1CC(=O)N(Cc2ccco2)C1. The average molecular weight is 355 g/mol. The van der Waals surface area contributed by atoms with Gasteiger partial charge in [0.15, 0.2) is 0 Å². The molecule has 1 fully saturated rings. The van der Waals surface area contributed by atoms with Gasteiger partial charge in [0, 0.05) is 32.1 Å². The van der Waals surface area contributed by atoms with E-state index in [0.29, 0.717) is 31.0 Å². The fraction of sp³-hybridized carbons (Fsp3) is 0.316. The molecule has 1 aromatic heterocycles. The van der Waals surface area contributed by atoms with Gasteiger partial charge >= 0.3 is 0 Å². The van der Waals surface area contributed by atoms with Crippen LogP contribution in [0.5, 0.6) is 0 Å². The molecule has 0 spiro atoms. The predicted octanol–water partition coefficient (Wildman–Crippen LogP) is 1.39. The molecular formula is C19H21N3O4. The van der Waals surface area contributed by atoms with Crippen molar-refractivity contribution in [3.63, 3.8) is 0 Å². The lowest BCUT2D eigenvalue weighted by atomic mass is 10.1. The van der Waals surface area contributed by atoms with E-state index in [1.807, 2.05) is 6.07 Å². The molecule has 0 aliphatic carbocycles. The van der Waals surface area contributed by atoms with E-state index < -0.39 is 5.91 Å². The van der Waals surface area contributed by atoms with E-state index in [0.717, 1.165) is 5.56 Å². The van der Waals surface area contributed by atoms with Gasteiger partial charge in [-0.15, -0.1) is 0 Å². The number of amides is 3. The van der Waals surface area contributed by atoms with Gasteiger partial charge in [-0.1, -0.05) is 12.1 Å². The molecule has 1 aromatic carbocycles. The Morgan fingerprint density at radius 1 is 1.27 bits per heavy atom. The number of primary amides is 1. The second kappa shape index (κ2) is 7.43. The number of nitrogens with two attached hydrogens (primary N) is 1. The van der Waals surface area contributed by atoms with Crippen LogP contribution in [0.25, 0.3) is 0 Å². The lowest BCUT2D eigenvalue weighted by Crippen LogP contribution is -2.34. The number of nitrogens with zero attached hydrogens (tertiary/aromatic N) is 2. The van der Waals surface area contributed by atoms with Gasteiger partial charge in [0.05, 0.1) is 18.7 Å². The Bertz CT molecular complexity index is 799. The van der Waals surface area contributed by atoms with E-state index >= 15 is 0 Å². The smallest absolute Gasteiger partial charge is 0.248 e. The summed E-state index contributed by atoms with van der Waals surface area (Å²) >= 11 is 0. The van der Waals surface area contributed by atoms with E-state index in [1.165, 1.54) is 0 Å². The zero-order chi connectivity index (χ0) is 18.7. The van der Waals surface area contributed by atoms with Crippen molar-refractivity contribution in [2.45, 2.75) is 19.5 Å². The fourth-order valence-corrected chi connectivity index (χ4v) is 3.12. The van der Waals surface area contributed by atoms with E-state index in [2.05, 4.69) is 0 Å². The van der Waals surface area contributed by atoms with Crippen LogP contribution in [-0.4, -0.2) is 41.1 Å². The fourth-order valence-electron chi connectivity index (χ4n) is 3.12. The lowest BCUT2D eigenvalue weighted by molar-refractivity contribution is -0.135. The highest BCUT2D eigenvalue weighted by Gasteiger charge is 2.36. The number of hydrogen-bond acceptors (Lipinski definition) is 4. The van der Waals surface area contributed by atoms with Crippen LogP contribution in [0.3, 0.4) is 0 Å². The van der Waals surface area contributed by atoms with Crippen molar-refractivity contribution in [3.05, 3.63) is 59.5 Å². The maximum Gasteiger partial charge on any atom is 0.248 e. The molecule has 2 N–H and O–H groups in total. The maximum atomic E-state index is 12.7. The molecular weight excluding hydrogens is 334 g/mol. The highest BCUT2D eigenvalue weighted by atomic mass is 16.3.